The van der Waals surface area contributed by atoms with E-state index in [1.165, 1.54) is 18.4 Å². The van der Waals surface area contributed by atoms with E-state index in [1.807, 2.05) is 24.1 Å². The third-order valence-electron chi connectivity index (χ3n) is 2.74. The molecule has 1 aromatic rings. The summed E-state index contributed by atoms with van der Waals surface area (Å²) in [5.41, 5.74) is 4.65. The van der Waals surface area contributed by atoms with Crippen molar-refractivity contribution in [2.45, 2.75) is 18.8 Å². The van der Waals surface area contributed by atoms with Crippen molar-refractivity contribution in [3.05, 3.63) is 29.3 Å². The lowest BCUT2D eigenvalue weighted by Crippen LogP contribution is -2.12. The van der Waals surface area contributed by atoms with Crippen LogP contribution in [0.5, 0.6) is 0 Å². The van der Waals surface area contributed by atoms with E-state index in [9.17, 15) is 0 Å². The predicted molar refractivity (Wildman–Crippen MR) is 65.2 cm³/mol. The summed E-state index contributed by atoms with van der Waals surface area (Å²) in [5, 5.41) is 8.99. The Morgan fingerprint density at radius 1 is 1.53 bits per heavy atom. The molecule has 0 unspecified atom stereocenters. The van der Waals surface area contributed by atoms with Crippen LogP contribution in [0.2, 0.25) is 0 Å². The number of rotatable bonds is 3. The Balaban J connectivity index is 2.41. The quantitative estimate of drug-likeness (QED) is 0.727. The van der Waals surface area contributed by atoms with Crippen LogP contribution in [-0.2, 0) is 0 Å². The van der Waals surface area contributed by atoms with E-state index in [-0.39, 0.29) is 0 Å². The number of nitriles is 1. The zero-order valence-corrected chi connectivity index (χ0v) is 9.42. The molecule has 0 bridgehead atoms. The standard InChI is InChI=1S/C12H12N2S/c1-14(8-15)11-5-4-10(7-13)12(6-11)9-2-3-9/h4-6,8-9H,2-3H2,1H3. The first-order valence-corrected chi connectivity index (χ1v) is 5.45. The number of hydrogen-bond donors (Lipinski definition) is 0. The van der Waals surface area contributed by atoms with Gasteiger partial charge in [-0.3, -0.25) is 0 Å². The van der Waals surface area contributed by atoms with Crippen LogP contribution in [0.1, 0.15) is 29.9 Å². The zero-order valence-electron chi connectivity index (χ0n) is 8.60. The highest BCUT2D eigenvalue weighted by Gasteiger charge is 2.26. The molecule has 0 amide bonds. The van der Waals surface area contributed by atoms with Gasteiger partial charge in [-0.15, -0.1) is 0 Å². The molecule has 3 heteroatoms. The Bertz CT molecular complexity index is 430. The van der Waals surface area contributed by atoms with Crippen LogP contribution in [0.3, 0.4) is 0 Å². The molecule has 0 spiro atoms. The van der Waals surface area contributed by atoms with Gasteiger partial charge in [-0.2, -0.15) is 5.26 Å². The van der Waals surface area contributed by atoms with Crippen molar-refractivity contribution >= 4 is 23.4 Å². The monoisotopic (exact) mass is 216 g/mol. The van der Waals surface area contributed by atoms with Gasteiger partial charge in [-0.25, -0.2) is 0 Å². The van der Waals surface area contributed by atoms with Crippen LogP contribution in [0.25, 0.3) is 0 Å². The van der Waals surface area contributed by atoms with E-state index in [0.29, 0.717) is 5.92 Å². The minimum atomic E-state index is 0.595. The Kier molecular flexibility index (Phi) is 2.70. The molecule has 1 aliphatic carbocycles. The highest BCUT2D eigenvalue weighted by atomic mass is 32.1. The number of nitrogens with zero attached hydrogens (tertiary/aromatic N) is 2. The first-order chi connectivity index (χ1) is 7.26. The number of anilines is 1. The van der Waals surface area contributed by atoms with Crippen molar-refractivity contribution < 1.29 is 0 Å². The summed E-state index contributed by atoms with van der Waals surface area (Å²) in [6.07, 6.45) is 2.42. The highest BCUT2D eigenvalue weighted by molar-refractivity contribution is 7.79. The molecule has 0 aliphatic heterocycles. The fourth-order valence-electron chi connectivity index (χ4n) is 1.66. The maximum atomic E-state index is 8.99. The van der Waals surface area contributed by atoms with Gasteiger partial charge in [-0.05, 0) is 42.5 Å². The molecule has 1 fully saturated rings. The summed E-state index contributed by atoms with van der Waals surface area (Å²) in [6, 6.07) is 8.15. The van der Waals surface area contributed by atoms with Gasteiger partial charge >= 0.3 is 0 Å². The van der Waals surface area contributed by atoms with Crippen molar-refractivity contribution in [2.75, 3.05) is 11.9 Å². The lowest BCUT2D eigenvalue weighted by Gasteiger charge is -2.14. The van der Waals surface area contributed by atoms with Gasteiger partial charge in [0, 0.05) is 12.7 Å². The molecule has 0 heterocycles. The van der Waals surface area contributed by atoms with Crippen LogP contribution in [0, 0.1) is 11.3 Å². The second-order valence-electron chi connectivity index (χ2n) is 3.87. The van der Waals surface area contributed by atoms with Gasteiger partial charge in [0.25, 0.3) is 0 Å². The van der Waals surface area contributed by atoms with E-state index in [4.69, 9.17) is 17.5 Å². The van der Waals surface area contributed by atoms with Crippen molar-refractivity contribution in [3.8, 4) is 6.07 Å². The second kappa shape index (κ2) is 4.00. The van der Waals surface area contributed by atoms with Gasteiger partial charge in [0.1, 0.15) is 0 Å². The summed E-state index contributed by atoms with van der Waals surface area (Å²) in [6.45, 7) is 0. The number of thiocarbonyl (C=S) groups is 1. The molecule has 1 aliphatic rings. The fourth-order valence-corrected chi connectivity index (χ4v) is 1.79. The molecular weight excluding hydrogens is 204 g/mol. The molecule has 2 rings (SSSR count). The molecule has 15 heavy (non-hydrogen) atoms. The zero-order chi connectivity index (χ0) is 10.8. The van der Waals surface area contributed by atoms with E-state index in [1.54, 1.807) is 5.49 Å². The van der Waals surface area contributed by atoms with Gasteiger partial charge in [-0.1, -0.05) is 12.2 Å². The molecule has 0 radical (unpaired) electrons. The van der Waals surface area contributed by atoms with Crippen molar-refractivity contribution in [2.24, 2.45) is 0 Å². The van der Waals surface area contributed by atoms with Crippen LogP contribution in [0.4, 0.5) is 5.69 Å². The number of hydrogen-bond acceptors (Lipinski definition) is 2. The molecule has 0 aromatic heterocycles. The molecule has 1 aromatic carbocycles. The summed E-state index contributed by atoms with van der Waals surface area (Å²) < 4.78 is 0. The average Bonchev–Trinajstić information content (AvgIpc) is 3.11. The molecule has 0 saturated heterocycles. The van der Waals surface area contributed by atoms with Gasteiger partial charge in [0.2, 0.25) is 0 Å². The molecule has 0 N–H and O–H groups in total. The third-order valence-corrected chi connectivity index (χ3v) is 3.05. The predicted octanol–water partition coefficient (Wildman–Crippen LogP) is 2.83. The van der Waals surface area contributed by atoms with Gasteiger partial charge < -0.3 is 4.90 Å². The van der Waals surface area contributed by atoms with Crippen molar-refractivity contribution in [3.63, 3.8) is 0 Å². The van der Waals surface area contributed by atoms with Gasteiger partial charge in [0.15, 0.2) is 0 Å². The summed E-state index contributed by atoms with van der Waals surface area (Å²) in [7, 11) is 1.92. The molecule has 0 atom stereocenters. The van der Waals surface area contributed by atoms with E-state index in [2.05, 4.69) is 12.1 Å². The van der Waals surface area contributed by atoms with Crippen molar-refractivity contribution in [1.82, 2.24) is 0 Å². The first-order valence-electron chi connectivity index (χ1n) is 4.98. The van der Waals surface area contributed by atoms with E-state index < -0.39 is 0 Å². The summed E-state index contributed by atoms with van der Waals surface area (Å²) in [5.74, 6) is 0.595. The van der Waals surface area contributed by atoms with Crippen LogP contribution in [-0.4, -0.2) is 12.5 Å². The lowest BCUT2D eigenvalue weighted by molar-refractivity contribution is 1.11. The van der Waals surface area contributed by atoms with Crippen LogP contribution in [0.15, 0.2) is 18.2 Å². The second-order valence-corrected chi connectivity index (χ2v) is 4.08. The van der Waals surface area contributed by atoms with E-state index >= 15 is 0 Å². The highest BCUT2D eigenvalue weighted by Crippen LogP contribution is 2.42. The van der Waals surface area contributed by atoms with Crippen LogP contribution < -0.4 is 4.90 Å². The van der Waals surface area contributed by atoms with E-state index in [0.717, 1.165) is 11.3 Å². The molecule has 1 saturated carbocycles. The van der Waals surface area contributed by atoms with Gasteiger partial charge in [0.05, 0.1) is 17.1 Å². The Morgan fingerprint density at radius 3 is 2.80 bits per heavy atom. The minimum Gasteiger partial charge on any atom is -0.342 e. The smallest absolute Gasteiger partial charge is 0.0994 e. The van der Waals surface area contributed by atoms with Crippen molar-refractivity contribution in [1.29, 1.82) is 5.26 Å². The Labute approximate surface area is 95.1 Å². The topological polar surface area (TPSA) is 27.0 Å². The number of benzene rings is 1. The maximum Gasteiger partial charge on any atom is 0.0994 e. The largest absolute Gasteiger partial charge is 0.342 e. The normalized spacial score (nSPS) is 14.4. The lowest BCUT2D eigenvalue weighted by atomic mass is 10.0. The Hall–Kier alpha value is -1.40. The third kappa shape index (κ3) is 2.00. The summed E-state index contributed by atoms with van der Waals surface area (Å²) >= 11 is 4.88. The molecule has 2 nitrogen and oxygen atoms in total. The SMILES string of the molecule is CN(C=S)c1ccc(C#N)c(C2CC2)c1. The molecule has 76 valence electrons. The average molecular weight is 216 g/mol. The first kappa shape index (κ1) is 10.1. The molecular formula is C12H12N2S. The fraction of sp³-hybridized carbons (Fsp3) is 0.333. The Morgan fingerprint density at radius 2 is 2.27 bits per heavy atom. The minimum absolute atomic E-state index is 0.595. The van der Waals surface area contributed by atoms with Crippen LogP contribution >= 0.6 is 12.2 Å². The summed E-state index contributed by atoms with van der Waals surface area (Å²) in [4.78, 5) is 1.89. The maximum absolute atomic E-state index is 8.99.